The molecule has 5 heteroatoms. The minimum Gasteiger partial charge on any atom is -0.289 e. The summed E-state index contributed by atoms with van der Waals surface area (Å²) >= 11 is 1.40. The van der Waals surface area contributed by atoms with Crippen LogP contribution in [-0.2, 0) is 6.18 Å². The van der Waals surface area contributed by atoms with E-state index in [1.807, 2.05) is 17.5 Å². The largest absolute Gasteiger partial charge is 0.416 e. The molecule has 21 heavy (non-hydrogen) atoms. The van der Waals surface area contributed by atoms with E-state index in [9.17, 15) is 18.0 Å². The molecule has 0 amide bonds. The van der Waals surface area contributed by atoms with E-state index in [0.717, 1.165) is 22.2 Å². The SMILES string of the molecule is O=C(c1cccc(C(F)(F)F)c1)c1cccc2ccsc12. The molecule has 0 aliphatic carbocycles. The highest BCUT2D eigenvalue weighted by molar-refractivity contribution is 7.17. The molecule has 0 spiro atoms. The van der Waals surface area contributed by atoms with Gasteiger partial charge in [0.25, 0.3) is 0 Å². The summed E-state index contributed by atoms with van der Waals surface area (Å²) in [6, 6.07) is 11.6. The first-order chi connectivity index (χ1) is 9.97. The number of ketones is 1. The molecule has 1 aromatic heterocycles. The van der Waals surface area contributed by atoms with E-state index in [0.29, 0.717) is 5.56 Å². The molecule has 0 fully saturated rings. The van der Waals surface area contributed by atoms with Crippen molar-refractivity contribution >= 4 is 27.2 Å². The van der Waals surface area contributed by atoms with Crippen LogP contribution in [0.1, 0.15) is 21.5 Å². The maximum Gasteiger partial charge on any atom is 0.416 e. The van der Waals surface area contributed by atoms with Crippen LogP contribution in [0.2, 0.25) is 0 Å². The van der Waals surface area contributed by atoms with E-state index in [2.05, 4.69) is 0 Å². The van der Waals surface area contributed by atoms with Crippen LogP contribution in [0.15, 0.2) is 53.9 Å². The topological polar surface area (TPSA) is 17.1 Å². The van der Waals surface area contributed by atoms with Gasteiger partial charge in [0, 0.05) is 15.8 Å². The number of hydrogen-bond acceptors (Lipinski definition) is 2. The number of benzene rings is 2. The van der Waals surface area contributed by atoms with Gasteiger partial charge in [0.2, 0.25) is 0 Å². The van der Waals surface area contributed by atoms with E-state index in [1.165, 1.54) is 23.5 Å². The average molecular weight is 306 g/mol. The van der Waals surface area contributed by atoms with E-state index in [-0.39, 0.29) is 5.56 Å². The molecule has 0 aliphatic heterocycles. The van der Waals surface area contributed by atoms with Crippen LogP contribution < -0.4 is 0 Å². The molecule has 2 aromatic carbocycles. The molecular weight excluding hydrogens is 297 g/mol. The Balaban J connectivity index is 2.09. The molecule has 0 saturated heterocycles. The van der Waals surface area contributed by atoms with Crippen molar-refractivity contribution in [2.24, 2.45) is 0 Å². The third-order valence-electron chi connectivity index (χ3n) is 3.18. The van der Waals surface area contributed by atoms with E-state index < -0.39 is 17.5 Å². The predicted molar refractivity (Wildman–Crippen MR) is 76.7 cm³/mol. The number of alkyl halides is 3. The summed E-state index contributed by atoms with van der Waals surface area (Å²) in [5, 5.41) is 2.77. The summed E-state index contributed by atoms with van der Waals surface area (Å²) in [6.07, 6.45) is -4.45. The summed E-state index contributed by atoms with van der Waals surface area (Å²) in [6.45, 7) is 0. The zero-order valence-corrected chi connectivity index (χ0v) is 11.5. The Hall–Kier alpha value is -2.14. The van der Waals surface area contributed by atoms with Crippen molar-refractivity contribution in [3.05, 3.63) is 70.6 Å². The second-order valence-corrected chi connectivity index (χ2v) is 5.47. The van der Waals surface area contributed by atoms with Gasteiger partial charge in [0.1, 0.15) is 0 Å². The second kappa shape index (κ2) is 5.00. The van der Waals surface area contributed by atoms with Gasteiger partial charge < -0.3 is 0 Å². The van der Waals surface area contributed by atoms with Crippen LogP contribution >= 0.6 is 11.3 Å². The van der Waals surface area contributed by atoms with Crippen LogP contribution in [0.5, 0.6) is 0 Å². The maximum absolute atomic E-state index is 12.7. The Morgan fingerprint density at radius 3 is 2.52 bits per heavy atom. The van der Waals surface area contributed by atoms with Crippen molar-refractivity contribution in [3.8, 4) is 0 Å². The Morgan fingerprint density at radius 2 is 1.76 bits per heavy atom. The number of fused-ring (bicyclic) bond motifs is 1. The minimum atomic E-state index is -4.45. The zero-order chi connectivity index (χ0) is 15.0. The lowest BCUT2D eigenvalue weighted by molar-refractivity contribution is -0.137. The lowest BCUT2D eigenvalue weighted by Crippen LogP contribution is -2.08. The normalized spacial score (nSPS) is 11.8. The van der Waals surface area contributed by atoms with Gasteiger partial charge in [0.05, 0.1) is 5.56 Å². The molecule has 106 valence electrons. The number of hydrogen-bond donors (Lipinski definition) is 0. The van der Waals surface area contributed by atoms with Crippen LogP contribution in [0, 0.1) is 0 Å². The number of carbonyl (C=O) groups is 1. The third-order valence-corrected chi connectivity index (χ3v) is 4.14. The van der Waals surface area contributed by atoms with Gasteiger partial charge in [-0.1, -0.05) is 24.3 Å². The quantitative estimate of drug-likeness (QED) is 0.598. The summed E-state index contributed by atoms with van der Waals surface area (Å²) in [5.41, 5.74) is -0.334. The van der Waals surface area contributed by atoms with Gasteiger partial charge in [-0.25, -0.2) is 0 Å². The van der Waals surface area contributed by atoms with E-state index >= 15 is 0 Å². The zero-order valence-electron chi connectivity index (χ0n) is 10.6. The first-order valence-corrected chi connectivity index (χ1v) is 7.03. The van der Waals surface area contributed by atoms with Gasteiger partial charge in [0.15, 0.2) is 5.78 Å². The second-order valence-electron chi connectivity index (χ2n) is 4.55. The van der Waals surface area contributed by atoms with Crippen molar-refractivity contribution in [3.63, 3.8) is 0 Å². The number of halogens is 3. The van der Waals surface area contributed by atoms with Crippen LogP contribution in [0.3, 0.4) is 0 Å². The molecule has 0 N–H and O–H groups in total. The number of rotatable bonds is 2. The van der Waals surface area contributed by atoms with Crippen molar-refractivity contribution in [1.29, 1.82) is 0 Å². The fraction of sp³-hybridized carbons (Fsp3) is 0.0625. The molecule has 1 nitrogen and oxygen atoms in total. The molecular formula is C16H9F3OS. The molecule has 0 unspecified atom stereocenters. The first kappa shape index (κ1) is 13.8. The minimum absolute atomic E-state index is 0.0470. The van der Waals surface area contributed by atoms with Crippen LogP contribution in [0.25, 0.3) is 10.1 Å². The molecule has 3 aromatic rings. The van der Waals surface area contributed by atoms with Gasteiger partial charge in [-0.2, -0.15) is 13.2 Å². The average Bonchev–Trinajstić information content (AvgIpc) is 2.94. The Labute approximate surface area is 122 Å². The molecule has 0 aliphatic rings. The van der Waals surface area contributed by atoms with Crippen LogP contribution in [-0.4, -0.2) is 5.78 Å². The number of thiophene rings is 1. The fourth-order valence-electron chi connectivity index (χ4n) is 2.16. The highest BCUT2D eigenvalue weighted by atomic mass is 32.1. The summed E-state index contributed by atoms with van der Waals surface area (Å²) in [5.74, 6) is -0.394. The van der Waals surface area contributed by atoms with E-state index in [1.54, 1.807) is 12.1 Å². The van der Waals surface area contributed by atoms with E-state index in [4.69, 9.17) is 0 Å². The number of carbonyl (C=O) groups excluding carboxylic acids is 1. The predicted octanol–water partition coefficient (Wildman–Crippen LogP) is 5.15. The molecule has 3 rings (SSSR count). The highest BCUT2D eigenvalue weighted by Gasteiger charge is 2.31. The highest BCUT2D eigenvalue weighted by Crippen LogP contribution is 2.31. The Kier molecular flexibility index (Phi) is 3.29. The fourth-order valence-corrected chi connectivity index (χ4v) is 3.07. The lowest BCUT2D eigenvalue weighted by atomic mass is 10.0. The van der Waals surface area contributed by atoms with Crippen molar-refractivity contribution in [2.75, 3.05) is 0 Å². The lowest BCUT2D eigenvalue weighted by Gasteiger charge is -2.08. The molecule has 0 atom stereocenters. The molecule has 1 heterocycles. The molecule has 0 bridgehead atoms. The van der Waals surface area contributed by atoms with Gasteiger partial charge >= 0.3 is 6.18 Å². The first-order valence-electron chi connectivity index (χ1n) is 6.15. The van der Waals surface area contributed by atoms with Crippen molar-refractivity contribution in [2.45, 2.75) is 6.18 Å². The third kappa shape index (κ3) is 2.56. The monoisotopic (exact) mass is 306 g/mol. The standard InChI is InChI=1S/C16H9F3OS/c17-16(18,19)12-5-1-4-11(9-12)14(20)13-6-2-3-10-7-8-21-15(10)13/h1-9H. The van der Waals surface area contributed by atoms with Gasteiger partial charge in [-0.3, -0.25) is 4.79 Å². The summed E-state index contributed by atoms with van der Waals surface area (Å²) < 4.78 is 39.0. The Morgan fingerprint density at radius 1 is 1.00 bits per heavy atom. The smallest absolute Gasteiger partial charge is 0.289 e. The maximum atomic E-state index is 12.7. The van der Waals surface area contributed by atoms with Gasteiger partial charge in [-0.15, -0.1) is 11.3 Å². The van der Waals surface area contributed by atoms with Crippen LogP contribution in [0.4, 0.5) is 13.2 Å². The Bertz CT molecular complexity index is 818. The molecule has 0 radical (unpaired) electrons. The molecule has 0 saturated carbocycles. The van der Waals surface area contributed by atoms with Crippen molar-refractivity contribution < 1.29 is 18.0 Å². The summed E-state index contributed by atoms with van der Waals surface area (Å²) in [4.78, 5) is 12.5. The summed E-state index contributed by atoms with van der Waals surface area (Å²) in [7, 11) is 0. The van der Waals surface area contributed by atoms with Gasteiger partial charge in [-0.05, 0) is 35.0 Å². The van der Waals surface area contributed by atoms with Crippen molar-refractivity contribution in [1.82, 2.24) is 0 Å².